The maximum absolute atomic E-state index is 11.9. The van der Waals surface area contributed by atoms with Gasteiger partial charge in [0.2, 0.25) is 5.96 Å². The van der Waals surface area contributed by atoms with Gasteiger partial charge in [-0.2, -0.15) is 26.9 Å². The molecule has 0 unspecified atom stereocenters. The van der Waals surface area contributed by atoms with Crippen molar-refractivity contribution in [3.63, 3.8) is 0 Å². The molecule has 19 nitrogen and oxygen atoms in total. The third-order valence-electron chi connectivity index (χ3n) is 9.60. The number of benzene rings is 3. The van der Waals surface area contributed by atoms with Crippen molar-refractivity contribution in [2.24, 2.45) is 35.4 Å². The molecule has 0 spiro atoms. The van der Waals surface area contributed by atoms with Crippen molar-refractivity contribution < 1.29 is 40.2 Å². The van der Waals surface area contributed by atoms with Gasteiger partial charge in [-0.3, -0.25) is 9.11 Å². The SMILES string of the molecule is CCC1=Nc2cc(ccc2N=Nc2cc(S(=O)(=O)O)ccc2OC)N(CC)COCCSC(C)=NC(Nc2cc(N(CC)CC)ccc2N=NC2=C(OC)C=CC(S(=O)(=O)O)=CC2)=N1. The summed E-state index contributed by atoms with van der Waals surface area (Å²) in [6.07, 6.45) is 4.32. The highest BCUT2D eigenvalue weighted by Gasteiger charge is 2.18. The summed E-state index contributed by atoms with van der Waals surface area (Å²) >= 11 is 1.50. The highest BCUT2D eigenvalue weighted by Crippen LogP contribution is 2.38. The number of guanidine groups is 1. The van der Waals surface area contributed by atoms with E-state index in [2.05, 4.69) is 44.5 Å². The second-order valence-electron chi connectivity index (χ2n) is 13.7. The predicted octanol–water partition coefficient (Wildman–Crippen LogP) is 9.75. The second-order valence-corrected chi connectivity index (χ2v) is 17.8. The third-order valence-corrected chi connectivity index (χ3v) is 12.2. The van der Waals surface area contributed by atoms with E-state index in [9.17, 15) is 25.9 Å². The molecule has 0 atom stereocenters. The second kappa shape index (κ2) is 22.7. The monoisotopic (exact) mass is 936 g/mol. The first kappa shape index (κ1) is 49.2. The summed E-state index contributed by atoms with van der Waals surface area (Å²) in [5.41, 5.74) is 3.67. The summed E-state index contributed by atoms with van der Waals surface area (Å²) in [4.78, 5) is 18.4. The Morgan fingerprint density at radius 2 is 1.58 bits per heavy atom. The molecule has 0 amide bonds. The fourth-order valence-electron chi connectivity index (χ4n) is 6.20. The van der Waals surface area contributed by atoms with Crippen molar-refractivity contribution in [1.82, 2.24) is 0 Å². The van der Waals surface area contributed by atoms with Crippen LogP contribution in [0.4, 0.5) is 39.8 Å². The molecule has 0 fully saturated rings. The van der Waals surface area contributed by atoms with Gasteiger partial charge in [0.15, 0.2) is 0 Å². The van der Waals surface area contributed by atoms with E-state index in [0.717, 1.165) is 30.5 Å². The molecule has 2 aliphatic rings. The summed E-state index contributed by atoms with van der Waals surface area (Å²) < 4.78 is 84.0. The van der Waals surface area contributed by atoms with Crippen LogP contribution in [0.3, 0.4) is 0 Å². The predicted molar refractivity (Wildman–Crippen MR) is 253 cm³/mol. The maximum Gasteiger partial charge on any atom is 0.294 e. The minimum atomic E-state index is -4.54. The molecular weight excluding hydrogens is 885 g/mol. The van der Waals surface area contributed by atoms with E-state index < -0.39 is 20.2 Å². The normalized spacial score (nSPS) is 15.8. The van der Waals surface area contributed by atoms with E-state index in [-0.39, 0.29) is 39.4 Å². The Balaban J connectivity index is 1.66. The summed E-state index contributed by atoms with van der Waals surface area (Å²) in [5, 5.41) is 21.9. The van der Waals surface area contributed by atoms with E-state index >= 15 is 0 Å². The first-order valence-electron chi connectivity index (χ1n) is 20.2. The van der Waals surface area contributed by atoms with Crippen LogP contribution < -0.4 is 19.9 Å². The molecule has 3 aromatic rings. The van der Waals surface area contributed by atoms with Crippen LogP contribution in [0.25, 0.3) is 0 Å². The summed E-state index contributed by atoms with van der Waals surface area (Å²) in [6, 6.07) is 14.8. The number of hydrogen-bond donors (Lipinski definition) is 3. The van der Waals surface area contributed by atoms with Crippen LogP contribution in [0.15, 0.2) is 130 Å². The number of nitrogens with zero attached hydrogens (tertiary/aromatic N) is 9. The zero-order valence-corrected chi connectivity index (χ0v) is 39.0. The van der Waals surface area contributed by atoms with Crippen LogP contribution in [0.1, 0.15) is 47.5 Å². The van der Waals surface area contributed by atoms with Gasteiger partial charge >= 0.3 is 0 Å². The number of nitrogens with one attached hydrogen (secondary N) is 1. The molecule has 1 heterocycles. The summed E-state index contributed by atoms with van der Waals surface area (Å²) in [7, 11) is -6.18. The third kappa shape index (κ3) is 13.4. The smallest absolute Gasteiger partial charge is 0.294 e. The van der Waals surface area contributed by atoms with E-state index in [0.29, 0.717) is 71.4 Å². The molecule has 342 valence electrons. The number of aliphatic imine (C=N–C) groups is 3. The van der Waals surface area contributed by atoms with Crippen LogP contribution in [-0.4, -0.2) is 95.7 Å². The highest BCUT2D eigenvalue weighted by atomic mass is 32.2. The lowest BCUT2D eigenvalue weighted by Crippen LogP contribution is -2.26. The number of allylic oxidation sites excluding steroid dienone is 3. The number of anilines is 3. The number of methoxy groups -OCH3 is 2. The van der Waals surface area contributed by atoms with Gasteiger partial charge in [0.1, 0.15) is 46.8 Å². The van der Waals surface area contributed by atoms with Crippen molar-refractivity contribution >= 4 is 88.6 Å². The van der Waals surface area contributed by atoms with Crippen LogP contribution in [0, 0.1) is 0 Å². The molecule has 5 rings (SSSR count). The topological polar surface area (TPSA) is 241 Å². The Morgan fingerprint density at radius 3 is 2.25 bits per heavy atom. The Hall–Kier alpha value is -5.78. The molecule has 1 aliphatic heterocycles. The van der Waals surface area contributed by atoms with Crippen LogP contribution in [0.5, 0.6) is 5.75 Å². The van der Waals surface area contributed by atoms with Gasteiger partial charge in [-0.15, -0.1) is 27.1 Å². The lowest BCUT2D eigenvalue weighted by Gasteiger charge is -2.23. The fourth-order valence-corrected chi connectivity index (χ4v) is 7.88. The van der Waals surface area contributed by atoms with E-state index in [1.165, 1.54) is 56.3 Å². The Kier molecular flexibility index (Phi) is 17.5. The number of amidine groups is 1. The summed E-state index contributed by atoms with van der Waals surface area (Å²) in [6.45, 7) is 12.7. The molecule has 0 aromatic heterocycles. The first-order valence-corrected chi connectivity index (χ1v) is 24.1. The molecular formula is C42H52N10O9S3. The van der Waals surface area contributed by atoms with Crippen molar-refractivity contribution in [2.75, 3.05) is 68.1 Å². The molecule has 3 N–H and O–H groups in total. The van der Waals surface area contributed by atoms with E-state index in [1.807, 2.05) is 49.9 Å². The highest BCUT2D eigenvalue weighted by molar-refractivity contribution is 8.13. The zero-order valence-electron chi connectivity index (χ0n) is 36.6. The van der Waals surface area contributed by atoms with Crippen LogP contribution >= 0.6 is 11.8 Å². The Bertz CT molecular complexity index is 2660. The number of fused-ring (bicyclic) bond motifs is 2. The average Bonchev–Trinajstić information content (AvgIpc) is 3.49. The molecule has 0 radical (unpaired) electrons. The zero-order chi connectivity index (χ0) is 46.4. The minimum Gasteiger partial charge on any atom is -0.495 e. The van der Waals surface area contributed by atoms with Crippen LogP contribution in [-0.2, 0) is 29.7 Å². The first-order chi connectivity index (χ1) is 30.6. The van der Waals surface area contributed by atoms with E-state index in [1.54, 1.807) is 12.1 Å². The molecule has 2 bridgehead atoms. The van der Waals surface area contributed by atoms with Gasteiger partial charge in [-0.1, -0.05) is 13.0 Å². The Morgan fingerprint density at radius 1 is 0.844 bits per heavy atom. The van der Waals surface area contributed by atoms with Crippen LogP contribution in [0.2, 0.25) is 0 Å². The number of thioether (sulfide) groups is 1. The Labute approximate surface area is 378 Å². The number of rotatable bonds is 14. The lowest BCUT2D eigenvalue weighted by molar-refractivity contribution is 0.150. The van der Waals surface area contributed by atoms with Gasteiger partial charge in [0.05, 0.1) is 47.0 Å². The van der Waals surface area contributed by atoms with E-state index in [4.69, 9.17) is 29.2 Å². The largest absolute Gasteiger partial charge is 0.495 e. The average molecular weight is 937 g/mol. The lowest BCUT2D eigenvalue weighted by atomic mass is 10.2. The fraction of sp³-hybridized carbons (Fsp3) is 0.357. The van der Waals surface area contributed by atoms with Gasteiger partial charge in [-0.25, -0.2) is 9.98 Å². The van der Waals surface area contributed by atoms with Gasteiger partial charge in [-0.05, 0) is 94.4 Å². The molecule has 0 saturated carbocycles. The minimum absolute atomic E-state index is 0.00577. The van der Waals surface area contributed by atoms with Crippen molar-refractivity contribution in [3.8, 4) is 5.75 Å². The number of azo groups is 2. The van der Waals surface area contributed by atoms with Gasteiger partial charge in [0, 0.05) is 49.6 Å². The molecule has 3 aromatic carbocycles. The quantitative estimate of drug-likeness (QED) is 0.101. The van der Waals surface area contributed by atoms with Crippen molar-refractivity contribution in [1.29, 1.82) is 0 Å². The van der Waals surface area contributed by atoms with Crippen molar-refractivity contribution in [2.45, 2.75) is 52.4 Å². The van der Waals surface area contributed by atoms with Gasteiger partial charge < -0.3 is 29.3 Å². The number of ether oxygens (including phenoxy) is 3. The molecule has 22 heteroatoms. The summed E-state index contributed by atoms with van der Waals surface area (Å²) in [5.74, 6) is 1.65. The number of hydrogen-bond acceptors (Lipinski definition) is 18. The standard InChI is InChI=1S/C42H52N10O9S3/c1-8-41-44-36-25-30(13-18-33(36)48-50-38-26-32(64(56,57)58)16-21-40(38)60-7)52(11-4)27-61-22-23-62-28(5)43-42(46-41)45-37-24-29(51(9-2)10-3)12-17-34(37)47-49-35-19-14-31(63(53,54)55)15-20-39(35)59-6/h12-18,20-21,24-26H,8-11,19,22-23,27H2,1-7H3,(H,44,45,46)(H,53,54,55)(H,56,57,58). The molecule has 1 aliphatic carbocycles. The molecule has 0 saturated heterocycles. The van der Waals surface area contributed by atoms with Crippen molar-refractivity contribution in [3.05, 3.63) is 89.2 Å². The molecule has 64 heavy (non-hydrogen) atoms. The maximum atomic E-state index is 11.9. The van der Waals surface area contributed by atoms with Gasteiger partial charge in [0.25, 0.3) is 20.2 Å².